The van der Waals surface area contributed by atoms with Crippen LogP contribution >= 0.6 is 11.3 Å². The Hall–Kier alpha value is -3.98. The number of rotatable bonds is 6. The van der Waals surface area contributed by atoms with Crippen molar-refractivity contribution in [1.82, 2.24) is 9.88 Å². The highest BCUT2D eigenvalue weighted by Gasteiger charge is 2.37. The molecule has 8 nitrogen and oxygen atoms in total. The number of aromatic nitrogens is 1. The Morgan fingerprint density at radius 2 is 1.73 bits per heavy atom. The van der Waals surface area contributed by atoms with Gasteiger partial charge in [-0.3, -0.25) is 14.9 Å². The molecular formula is C28H29N3O5S. The van der Waals surface area contributed by atoms with Gasteiger partial charge in [0.15, 0.2) is 0 Å². The van der Waals surface area contributed by atoms with Crippen LogP contribution in [-0.4, -0.2) is 35.0 Å². The standard InChI is InChI=1S/C28H29N3O5S/c1-7-19-9-11-21(12-10-19)31-25(33)22(24(32)29-28(31)35)14-20-13-15(3)30(17(20)5)26-23(27(34)36-8-2)16(4)18(6)37-26/h9-14H,7-8H2,1-6H3,(H,29,32,35)/b22-14-. The maximum Gasteiger partial charge on any atom is 0.341 e. The van der Waals surface area contributed by atoms with Gasteiger partial charge in [-0.25, -0.2) is 14.5 Å². The van der Waals surface area contributed by atoms with Gasteiger partial charge in [-0.1, -0.05) is 19.1 Å². The monoisotopic (exact) mass is 519 g/mol. The van der Waals surface area contributed by atoms with Crippen LogP contribution in [0.5, 0.6) is 0 Å². The van der Waals surface area contributed by atoms with E-state index in [4.69, 9.17) is 4.74 Å². The molecule has 37 heavy (non-hydrogen) atoms. The van der Waals surface area contributed by atoms with Crippen molar-refractivity contribution >= 4 is 46.9 Å². The Balaban J connectivity index is 1.78. The normalized spacial score (nSPS) is 14.9. The van der Waals surface area contributed by atoms with Crippen LogP contribution in [0, 0.1) is 27.7 Å². The summed E-state index contributed by atoms with van der Waals surface area (Å²) in [5.74, 6) is -1.84. The highest BCUT2D eigenvalue weighted by molar-refractivity contribution is 7.15. The molecule has 4 rings (SSSR count). The number of benzene rings is 1. The topological polar surface area (TPSA) is 97.7 Å². The highest BCUT2D eigenvalue weighted by Crippen LogP contribution is 2.35. The Kier molecular flexibility index (Phi) is 7.18. The maximum absolute atomic E-state index is 13.4. The summed E-state index contributed by atoms with van der Waals surface area (Å²) in [7, 11) is 0. The van der Waals surface area contributed by atoms with E-state index in [0.29, 0.717) is 16.8 Å². The molecule has 1 aliphatic rings. The number of nitrogens with zero attached hydrogens (tertiary/aromatic N) is 2. The molecule has 3 heterocycles. The molecule has 0 radical (unpaired) electrons. The Bertz CT molecular complexity index is 1460. The Morgan fingerprint density at radius 1 is 1.05 bits per heavy atom. The van der Waals surface area contributed by atoms with Crippen LogP contribution < -0.4 is 10.2 Å². The van der Waals surface area contributed by atoms with Crippen molar-refractivity contribution in [2.24, 2.45) is 0 Å². The summed E-state index contributed by atoms with van der Waals surface area (Å²) in [6, 6.07) is 8.12. The summed E-state index contributed by atoms with van der Waals surface area (Å²) in [6.45, 7) is 11.6. The van der Waals surface area contributed by atoms with E-state index >= 15 is 0 Å². The zero-order valence-electron chi connectivity index (χ0n) is 21.7. The summed E-state index contributed by atoms with van der Waals surface area (Å²) >= 11 is 1.48. The second-order valence-electron chi connectivity index (χ2n) is 8.82. The number of nitrogens with one attached hydrogen (secondary N) is 1. The predicted molar refractivity (Wildman–Crippen MR) is 143 cm³/mol. The van der Waals surface area contributed by atoms with Gasteiger partial charge < -0.3 is 9.30 Å². The third kappa shape index (κ3) is 4.62. The molecule has 1 fully saturated rings. The van der Waals surface area contributed by atoms with Crippen molar-refractivity contribution in [2.75, 3.05) is 11.5 Å². The molecule has 0 unspecified atom stereocenters. The van der Waals surface area contributed by atoms with Crippen molar-refractivity contribution in [3.05, 3.63) is 74.4 Å². The van der Waals surface area contributed by atoms with E-state index in [0.717, 1.165) is 43.7 Å². The molecule has 0 atom stereocenters. The fraction of sp³-hybridized carbons (Fsp3) is 0.286. The molecule has 192 valence electrons. The number of urea groups is 1. The number of carbonyl (C=O) groups is 4. The second kappa shape index (κ2) is 10.2. The number of thiophene rings is 1. The first-order chi connectivity index (χ1) is 17.6. The molecule has 3 aromatic rings. The van der Waals surface area contributed by atoms with Crippen LogP contribution in [0.15, 0.2) is 35.9 Å². The zero-order chi connectivity index (χ0) is 27.0. The van der Waals surface area contributed by atoms with Crippen molar-refractivity contribution in [3.63, 3.8) is 0 Å². The van der Waals surface area contributed by atoms with E-state index in [2.05, 4.69) is 5.32 Å². The number of ether oxygens (including phenoxy) is 1. The van der Waals surface area contributed by atoms with Crippen LogP contribution in [0.3, 0.4) is 0 Å². The zero-order valence-corrected chi connectivity index (χ0v) is 22.5. The number of esters is 1. The number of barbiturate groups is 1. The lowest BCUT2D eigenvalue weighted by Crippen LogP contribution is -2.54. The summed E-state index contributed by atoms with van der Waals surface area (Å²) in [6.07, 6.45) is 2.31. The molecule has 1 N–H and O–H groups in total. The number of imide groups is 2. The van der Waals surface area contributed by atoms with Crippen molar-refractivity contribution in [2.45, 2.75) is 48.0 Å². The second-order valence-corrected chi connectivity index (χ2v) is 10.0. The molecule has 0 saturated carbocycles. The summed E-state index contributed by atoms with van der Waals surface area (Å²) < 4.78 is 7.24. The number of anilines is 1. The van der Waals surface area contributed by atoms with Crippen LogP contribution in [-0.2, 0) is 20.7 Å². The fourth-order valence-electron chi connectivity index (χ4n) is 4.38. The highest BCUT2D eigenvalue weighted by atomic mass is 32.1. The number of hydrogen-bond donors (Lipinski definition) is 1. The SMILES string of the molecule is CCOC(=O)c1c(-n2c(C)cc(/C=C3/C(=O)NC(=O)N(c4ccc(CC)cc4)C3=O)c2C)sc(C)c1C. The summed E-state index contributed by atoms with van der Waals surface area (Å²) in [5.41, 5.74) is 4.85. The van der Waals surface area contributed by atoms with Gasteiger partial charge in [0, 0.05) is 16.3 Å². The molecule has 1 aromatic carbocycles. The largest absolute Gasteiger partial charge is 0.462 e. The summed E-state index contributed by atoms with van der Waals surface area (Å²) in [4.78, 5) is 53.4. The van der Waals surface area contributed by atoms with Gasteiger partial charge in [0.1, 0.15) is 10.6 Å². The number of amides is 4. The van der Waals surface area contributed by atoms with Crippen LogP contribution in [0.1, 0.15) is 57.2 Å². The predicted octanol–water partition coefficient (Wildman–Crippen LogP) is 5.18. The minimum absolute atomic E-state index is 0.149. The van der Waals surface area contributed by atoms with E-state index in [1.807, 2.05) is 57.4 Å². The quantitative estimate of drug-likeness (QED) is 0.275. The molecule has 1 saturated heterocycles. The van der Waals surface area contributed by atoms with Gasteiger partial charge in [-0.15, -0.1) is 11.3 Å². The van der Waals surface area contributed by atoms with Crippen LogP contribution in [0.25, 0.3) is 11.1 Å². The lowest BCUT2D eigenvalue weighted by molar-refractivity contribution is -0.122. The molecule has 2 aromatic heterocycles. The maximum atomic E-state index is 13.4. The molecular weight excluding hydrogens is 490 g/mol. The number of aryl methyl sites for hydroxylation is 3. The van der Waals surface area contributed by atoms with E-state index in [1.54, 1.807) is 19.1 Å². The van der Waals surface area contributed by atoms with Gasteiger partial charge in [0.25, 0.3) is 11.8 Å². The third-order valence-electron chi connectivity index (χ3n) is 6.52. The average Bonchev–Trinajstić information content (AvgIpc) is 3.30. The molecule has 0 bridgehead atoms. The van der Waals surface area contributed by atoms with Gasteiger partial charge in [-0.2, -0.15) is 0 Å². The minimum atomic E-state index is -0.787. The molecule has 9 heteroatoms. The van der Waals surface area contributed by atoms with E-state index in [-0.39, 0.29) is 12.2 Å². The van der Waals surface area contributed by atoms with Gasteiger partial charge in [0.2, 0.25) is 0 Å². The lowest BCUT2D eigenvalue weighted by atomic mass is 10.1. The molecule has 0 spiro atoms. The first-order valence-electron chi connectivity index (χ1n) is 12.1. The van der Waals surface area contributed by atoms with E-state index < -0.39 is 23.8 Å². The Morgan fingerprint density at radius 3 is 2.35 bits per heavy atom. The van der Waals surface area contributed by atoms with E-state index in [1.165, 1.54) is 17.4 Å². The average molecular weight is 520 g/mol. The van der Waals surface area contributed by atoms with Crippen LogP contribution in [0.4, 0.5) is 10.5 Å². The first-order valence-corrected chi connectivity index (χ1v) is 12.9. The van der Waals surface area contributed by atoms with Crippen LogP contribution in [0.2, 0.25) is 0 Å². The summed E-state index contributed by atoms with van der Waals surface area (Å²) in [5, 5.41) is 2.99. The van der Waals surface area contributed by atoms with Gasteiger partial charge in [-0.05, 0) is 82.0 Å². The molecule has 1 aliphatic heterocycles. The third-order valence-corrected chi connectivity index (χ3v) is 7.72. The van der Waals surface area contributed by atoms with Gasteiger partial charge >= 0.3 is 12.0 Å². The van der Waals surface area contributed by atoms with E-state index in [9.17, 15) is 19.2 Å². The molecule has 0 aliphatic carbocycles. The smallest absolute Gasteiger partial charge is 0.341 e. The van der Waals surface area contributed by atoms with Gasteiger partial charge in [0.05, 0.1) is 17.9 Å². The molecule has 4 amide bonds. The number of carbonyl (C=O) groups excluding carboxylic acids is 4. The van der Waals surface area contributed by atoms with Crippen molar-refractivity contribution < 1.29 is 23.9 Å². The first kappa shape index (κ1) is 26.1. The number of hydrogen-bond acceptors (Lipinski definition) is 6. The minimum Gasteiger partial charge on any atom is -0.462 e. The van der Waals surface area contributed by atoms with Crippen molar-refractivity contribution in [1.29, 1.82) is 0 Å². The Labute approximate surface area is 219 Å². The lowest BCUT2D eigenvalue weighted by Gasteiger charge is -2.26. The van der Waals surface area contributed by atoms with Crippen molar-refractivity contribution in [3.8, 4) is 5.00 Å². The fourth-order valence-corrected chi connectivity index (χ4v) is 5.64.